The fourth-order valence-corrected chi connectivity index (χ4v) is 3.38. The number of fused-ring (bicyclic) bond motifs is 1. The first kappa shape index (κ1) is 16.7. The second-order valence-electron chi connectivity index (χ2n) is 7.16. The number of aromatic amines is 2. The van der Waals surface area contributed by atoms with Crippen molar-refractivity contribution in [2.75, 3.05) is 10.6 Å². The number of imidazole rings is 1. The molecule has 1 aliphatic rings. The Morgan fingerprint density at radius 1 is 1.14 bits per heavy atom. The Balaban J connectivity index is 1.32. The third-order valence-electron chi connectivity index (χ3n) is 5.08. The van der Waals surface area contributed by atoms with Crippen molar-refractivity contribution in [2.24, 2.45) is 0 Å². The van der Waals surface area contributed by atoms with Crippen molar-refractivity contribution in [3.8, 4) is 0 Å². The molecule has 0 amide bonds. The van der Waals surface area contributed by atoms with Gasteiger partial charge in [0.25, 0.3) is 0 Å². The quantitative estimate of drug-likeness (QED) is 0.385. The number of hydrogen-bond acceptors (Lipinski definition) is 6. The lowest BCUT2D eigenvalue weighted by atomic mass is 10.0. The number of nitrogens with one attached hydrogen (secondary N) is 4. The van der Waals surface area contributed by atoms with E-state index in [0.29, 0.717) is 17.7 Å². The van der Waals surface area contributed by atoms with E-state index in [1.807, 2.05) is 12.1 Å². The Bertz CT molecular complexity index is 1090. The van der Waals surface area contributed by atoms with Crippen LogP contribution in [0.25, 0.3) is 11.0 Å². The van der Waals surface area contributed by atoms with E-state index in [1.54, 1.807) is 12.5 Å². The van der Waals surface area contributed by atoms with Gasteiger partial charge in [-0.05, 0) is 43.0 Å². The van der Waals surface area contributed by atoms with Gasteiger partial charge in [0, 0.05) is 23.9 Å². The van der Waals surface area contributed by atoms with Crippen LogP contribution in [-0.2, 0) is 0 Å². The monoisotopic (exact) mass is 374 g/mol. The van der Waals surface area contributed by atoms with E-state index in [1.165, 1.54) is 24.1 Å². The highest BCUT2D eigenvalue weighted by Crippen LogP contribution is 2.39. The van der Waals surface area contributed by atoms with E-state index in [0.717, 1.165) is 23.3 Å². The highest BCUT2D eigenvalue weighted by atomic mass is 15.2. The van der Waals surface area contributed by atoms with Gasteiger partial charge in [0.1, 0.15) is 5.82 Å². The minimum atomic E-state index is 0.106. The summed E-state index contributed by atoms with van der Waals surface area (Å²) in [5.74, 6) is 2.72. The maximum Gasteiger partial charge on any atom is 0.225 e. The second kappa shape index (κ2) is 6.95. The molecule has 8 nitrogen and oxygen atoms in total. The Morgan fingerprint density at radius 2 is 2.07 bits per heavy atom. The molecule has 3 aromatic heterocycles. The summed E-state index contributed by atoms with van der Waals surface area (Å²) in [6.07, 6.45) is 6.85. The molecule has 8 heteroatoms. The molecule has 28 heavy (non-hydrogen) atoms. The van der Waals surface area contributed by atoms with E-state index in [4.69, 9.17) is 0 Å². The van der Waals surface area contributed by atoms with Crippen molar-refractivity contribution >= 4 is 28.6 Å². The summed E-state index contributed by atoms with van der Waals surface area (Å²) >= 11 is 0. The maximum atomic E-state index is 4.60. The predicted molar refractivity (Wildman–Crippen MR) is 109 cm³/mol. The lowest BCUT2D eigenvalue weighted by Gasteiger charge is -2.17. The zero-order valence-corrected chi connectivity index (χ0v) is 15.6. The van der Waals surface area contributed by atoms with Gasteiger partial charge in [-0.2, -0.15) is 10.1 Å². The highest BCUT2D eigenvalue weighted by molar-refractivity contribution is 5.75. The molecule has 1 saturated carbocycles. The number of aromatic nitrogens is 6. The molecular formula is C20H22N8. The summed E-state index contributed by atoms with van der Waals surface area (Å²) < 4.78 is 0. The zero-order chi connectivity index (χ0) is 18.9. The molecule has 0 saturated heterocycles. The van der Waals surface area contributed by atoms with Crippen molar-refractivity contribution in [1.29, 1.82) is 0 Å². The van der Waals surface area contributed by atoms with E-state index in [9.17, 15) is 0 Å². The first-order valence-corrected chi connectivity index (χ1v) is 9.63. The largest absolute Gasteiger partial charge is 0.347 e. The van der Waals surface area contributed by atoms with Crippen LogP contribution >= 0.6 is 0 Å². The van der Waals surface area contributed by atoms with E-state index in [-0.39, 0.29) is 6.04 Å². The fraction of sp³-hybridized carbons (Fsp3) is 0.300. The van der Waals surface area contributed by atoms with Crippen LogP contribution in [0.5, 0.6) is 0 Å². The SMILES string of the molecule is CC[C@@H](Nc1nccc(Nc2cc(C3CC3)[nH]n2)n1)c1ccc2nc[nH]c2c1. The summed E-state index contributed by atoms with van der Waals surface area (Å²) in [5.41, 5.74) is 4.35. The third-order valence-corrected chi connectivity index (χ3v) is 5.08. The van der Waals surface area contributed by atoms with Crippen molar-refractivity contribution in [3.63, 3.8) is 0 Å². The molecule has 0 bridgehead atoms. The number of hydrogen-bond donors (Lipinski definition) is 4. The smallest absolute Gasteiger partial charge is 0.225 e. The van der Waals surface area contributed by atoms with Gasteiger partial charge in [-0.1, -0.05) is 13.0 Å². The van der Waals surface area contributed by atoms with Gasteiger partial charge in [-0.3, -0.25) is 5.10 Å². The number of H-pyrrole nitrogens is 2. The number of benzene rings is 1. The van der Waals surface area contributed by atoms with Gasteiger partial charge in [0.2, 0.25) is 5.95 Å². The van der Waals surface area contributed by atoms with Gasteiger partial charge in [0.05, 0.1) is 23.4 Å². The summed E-state index contributed by atoms with van der Waals surface area (Å²) in [5, 5.41) is 14.1. The van der Waals surface area contributed by atoms with E-state index >= 15 is 0 Å². The van der Waals surface area contributed by atoms with Gasteiger partial charge >= 0.3 is 0 Å². The van der Waals surface area contributed by atoms with Crippen molar-refractivity contribution in [2.45, 2.75) is 38.1 Å². The average molecular weight is 374 g/mol. The van der Waals surface area contributed by atoms with Crippen LogP contribution in [-0.4, -0.2) is 30.1 Å². The summed E-state index contributed by atoms with van der Waals surface area (Å²) in [4.78, 5) is 16.4. The Morgan fingerprint density at radius 3 is 2.93 bits per heavy atom. The van der Waals surface area contributed by atoms with Crippen LogP contribution in [0.1, 0.15) is 49.4 Å². The predicted octanol–water partition coefficient (Wildman–Crippen LogP) is 4.26. The summed E-state index contributed by atoms with van der Waals surface area (Å²) in [6, 6.07) is 10.2. The van der Waals surface area contributed by atoms with Crippen LogP contribution < -0.4 is 10.6 Å². The molecule has 4 N–H and O–H groups in total. The van der Waals surface area contributed by atoms with Gasteiger partial charge in [-0.25, -0.2) is 9.97 Å². The standard InChI is InChI=1S/C20H22N8/c1-2-14(13-5-6-15-17(9-13)23-11-22-15)24-20-21-8-7-18(26-20)25-19-10-16(27-28-19)12-3-4-12/h5-12,14H,2-4H2,1H3,(H,22,23)(H3,21,24,25,26,27,28)/t14-/m1/s1. The number of anilines is 3. The normalized spacial score (nSPS) is 14.9. The molecule has 0 spiro atoms. The molecule has 0 aliphatic heterocycles. The molecule has 142 valence electrons. The average Bonchev–Trinajstić information content (AvgIpc) is 3.28. The zero-order valence-electron chi connectivity index (χ0n) is 15.6. The Kier molecular flexibility index (Phi) is 4.16. The topological polar surface area (TPSA) is 107 Å². The molecular weight excluding hydrogens is 352 g/mol. The summed E-state index contributed by atoms with van der Waals surface area (Å²) in [7, 11) is 0. The fourth-order valence-electron chi connectivity index (χ4n) is 3.38. The molecule has 1 aliphatic carbocycles. The van der Waals surface area contributed by atoms with E-state index in [2.05, 4.69) is 65.9 Å². The third kappa shape index (κ3) is 3.40. The van der Waals surface area contributed by atoms with Gasteiger partial charge in [-0.15, -0.1) is 0 Å². The molecule has 4 aromatic rings. The van der Waals surface area contributed by atoms with Gasteiger partial charge in [0.15, 0.2) is 5.82 Å². The first-order chi connectivity index (χ1) is 13.8. The first-order valence-electron chi connectivity index (χ1n) is 9.63. The summed E-state index contributed by atoms with van der Waals surface area (Å²) in [6.45, 7) is 2.14. The van der Waals surface area contributed by atoms with Crippen molar-refractivity contribution in [3.05, 3.63) is 54.1 Å². The van der Waals surface area contributed by atoms with Crippen molar-refractivity contribution < 1.29 is 0 Å². The lowest BCUT2D eigenvalue weighted by Crippen LogP contribution is -2.12. The Labute approximate surface area is 162 Å². The highest BCUT2D eigenvalue weighted by Gasteiger charge is 2.25. The van der Waals surface area contributed by atoms with Crippen LogP contribution in [0.15, 0.2) is 42.9 Å². The maximum absolute atomic E-state index is 4.60. The van der Waals surface area contributed by atoms with Crippen LogP contribution in [0.2, 0.25) is 0 Å². The molecule has 1 atom stereocenters. The van der Waals surface area contributed by atoms with Crippen LogP contribution in [0, 0.1) is 0 Å². The van der Waals surface area contributed by atoms with Crippen LogP contribution in [0.3, 0.4) is 0 Å². The minimum Gasteiger partial charge on any atom is -0.347 e. The molecule has 3 heterocycles. The minimum absolute atomic E-state index is 0.106. The molecule has 5 rings (SSSR count). The second-order valence-corrected chi connectivity index (χ2v) is 7.16. The number of nitrogens with zero attached hydrogens (tertiary/aromatic N) is 4. The molecule has 1 fully saturated rings. The van der Waals surface area contributed by atoms with E-state index < -0.39 is 0 Å². The van der Waals surface area contributed by atoms with Gasteiger partial charge < -0.3 is 15.6 Å². The van der Waals surface area contributed by atoms with Crippen molar-refractivity contribution in [1.82, 2.24) is 30.1 Å². The molecule has 0 unspecified atom stereocenters. The molecule has 1 aromatic carbocycles. The lowest BCUT2D eigenvalue weighted by molar-refractivity contribution is 0.739. The molecule has 0 radical (unpaired) electrons. The number of rotatable bonds is 7. The Hall–Kier alpha value is -3.42. The van der Waals surface area contributed by atoms with Crippen LogP contribution in [0.4, 0.5) is 17.6 Å².